The molecule has 0 spiro atoms. The number of fused-ring (bicyclic) bond motifs is 1. The SMILES string of the molecule is N=C(N)c1cccc(CN2CCn3cnnc3C2)c1. The number of nitrogens with two attached hydrogens (primary N) is 1. The molecular weight excluding hydrogens is 240 g/mol. The highest BCUT2D eigenvalue weighted by molar-refractivity contribution is 5.95. The highest BCUT2D eigenvalue weighted by Crippen LogP contribution is 2.14. The van der Waals surface area contributed by atoms with Gasteiger partial charge in [0.15, 0.2) is 0 Å². The van der Waals surface area contributed by atoms with Crippen LogP contribution in [0.15, 0.2) is 30.6 Å². The molecule has 1 aliphatic rings. The summed E-state index contributed by atoms with van der Waals surface area (Å²) in [5.74, 6) is 1.12. The van der Waals surface area contributed by atoms with Crippen LogP contribution >= 0.6 is 0 Å². The Morgan fingerprint density at radius 3 is 3.11 bits per heavy atom. The Morgan fingerprint density at radius 1 is 1.37 bits per heavy atom. The Kier molecular flexibility index (Phi) is 3.00. The molecule has 0 fully saturated rings. The Bertz CT molecular complexity index is 603. The molecular formula is C13H16N6. The lowest BCUT2D eigenvalue weighted by atomic mass is 10.1. The van der Waals surface area contributed by atoms with Gasteiger partial charge in [-0.15, -0.1) is 10.2 Å². The summed E-state index contributed by atoms with van der Waals surface area (Å²) in [5.41, 5.74) is 7.46. The van der Waals surface area contributed by atoms with Gasteiger partial charge in [0.2, 0.25) is 0 Å². The normalized spacial score (nSPS) is 15.2. The molecule has 3 rings (SSSR count). The molecule has 0 aliphatic carbocycles. The molecule has 1 aliphatic heterocycles. The number of nitrogens with zero attached hydrogens (tertiary/aromatic N) is 4. The van der Waals surface area contributed by atoms with Crippen LogP contribution in [0.5, 0.6) is 0 Å². The zero-order chi connectivity index (χ0) is 13.2. The van der Waals surface area contributed by atoms with Gasteiger partial charge in [-0.25, -0.2) is 0 Å². The fourth-order valence-corrected chi connectivity index (χ4v) is 2.35. The van der Waals surface area contributed by atoms with E-state index in [1.165, 1.54) is 5.56 Å². The molecule has 98 valence electrons. The van der Waals surface area contributed by atoms with Crippen molar-refractivity contribution in [1.29, 1.82) is 5.41 Å². The van der Waals surface area contributed by atoms with Crippen molar-refractivity contribution in [3.8, 4) is 0 Å². The molecule has 2 aromatic rings. The van der Waals surface area contributed by atoms with Crippen molar-refractivity contribution in [2.75, 3.05) is 6.54 Å². The number of hydrogen-bond acceptors (Lipinski definition) is 4. The summed E-state index contributed by atoms with van der Waals surface area (Å²) in [4.78, 5) is 2.32. The first-order valence-electron chi connectivity index (χ1n) is 6.25. The minimum absolute atomic E-state index is 0.111. The quantitative estimate of drug-likeness (QED) is 0.621. The molecule has 19 heavy (non-hydrogen) atoms. The lowest BCUT2D eigenvalue weighted by molar-refractivity contribution is 0.209. The number of rotatable bonds is 3. The van der Waals surface area contributed by atoms with Gasteiger partial charge in [-0.1, -0.05) is 18.2 Å². The first-order chi connectivity index (χ1) is 9.22. The van der Waals surface area contributed by atoms with E-state index in [1.54, 1.807) is 6.33 Å². The fraction of sp³-hybridized carbons (Fsp3) is 0.308. The molecule has 3 N–H and O–H groups in total. The Hall–Kier alpha value is -2.21. The lowest BCUT2D eigenvalue weighted by Crippen LogP contribution is -2.33. The van der Waals surface area contributed by atoms with Crippen LogP contribution in [0.1, 0.15) is 17.0 Å². The van der Waals surface area contributed by atoms with Gasteiger partial charge in [-0.2, -0.15) is 0 Å². The van der Waals surface area contributed by atoms with E-state index in [9.17, 15) is 0 Å². The number of amidine groups is 1. The van der Waals surface area contributed by atoms with Crippen molar-refractivity contribution in [2.45, 2.75) is 19.6 Å². The molecule has 6 heteroatoms. The van der Waals surface area contributed by atoms with Crippen molar-refractivity contribution in [3.63, 3.8) is 0 Å². The topological polar surface area (TPSA) is 83.8 Å². The highest BCUT2D eigenvalue weighted by Gasteiger charge is 2.17. The maximum atomic E-state index is 7.47. The van der Waals surface area contributed by atoms with Gasteiger partial charge >= 0.3 is 0 Å². The van der Waals surface area contributed by atoms with E-state index in [0.29, 0.717) is 0 Å². The third-order valence-corrected chi connectivity index (χ3v) is 3.36. The summed E-state index contributed by atoms with van der Waals surface area (Å²) >= 11 is 0. The Labute approximate surface area is 111 Å². The molecule has 1 aromatic carbocycles. The molecule has 0 bridgehead atoms. The van der Waals surface area contributed by atoms with Crippen molar-refractivity contribution in [1.82, 2.24) is 19.7 Å². The van der Waals surface area contributed by atoms with E-state index in [1.807, 2.05) is 18.2 Å². The van der Waals surface area contributed by atoms with Crippen LogP contribution in [-0.4, -0.2) is 32.0 Å². The third-order valence-electron chi connectivity index (χ3n) is 3.36. The summed E-state index contributed by atoms with van der Waals surface area (Å²) in [7, 11) is 0. The predicted octanol–water partition coefficient (Wildman–Crippen LogP) is 0.578. The number of hydrogen-bond donors (Lipinski definition) is 2. The second-order valence-electron chi connectivity index (χ2n) is 4.77. The number of nitrogens with one attached hydrogen (secondary N) is 1. The summed E-state index contributed by atoms with van der Waals surface area (Å²) in [5, 5.41) is 15.5. The van der Waals surface area contributed by atoms with Crippen molar-refractivity contribution >= 4 is 5.84 Å². The molecule has 0 radical (unpaired) electrons. The summed E-state index contributed by atoms with van der Waals surface area (Å²) in [6.45, 7) is 3.56. The number of benzene rings is 1. The summed E-state index contributed by atoms with van der Waals surface area (Å²) in [6, 6.07) is 7.84. The zero-order valence-corrected chi connectivity index (χ0v) is 10.6. The minimum atomic E-state index is 0.111. The third kappa shape index (κ3) is 2.48. The summed E-state index contributed by atoms with van der Waals surface area (Å²) in [6.07, 6.45) is 1.78. The summed E-state index contributed by atoms with van der Waals surface area (Å²) < 4.78 is 2.09. The van der Waals surface area contributed by atoms with E-state index < -0.39 is 0 Å². The van der Waals surface area contributed by atoms with Crippen molar-refractivity contribution < 1.29 is 0 Å². The second-order valence-corrected chi connectivity index (χ2v) is 4.77. The maximum absolute atomic E-state index is 7.47. The average molecular weight is 256 g/mol. The van der Waals surface area contributed by atoms with E-state index in [4.69, 9.17) is 11.1 Å². The molecule has 2 heterocycles. The molecule has 1 aromatic heterocycles. The van der Waals surface area contributed by atoms with Gasteiger partial charge in [0.1, 0.15) is 18.0 Å². The lowest BCUT2D eigenvalue weighted by Gasteiger charge is -2.26. The van der Waals surface area contributed by atoms with Gasteiger partial charge in [-0.05, 0) is 11.6 Å². The first-order valence-corrected chi connectivity index (χ1v) is 6.25. The van der Waals surface area contributed by atoms with Crippen LogP contribution in [0.25, 0.3) is 0 Å². The van der Waals surface area contributed by atoms with Gasteiger partial charge < -0.3 is 10.3 Å². The minimum Gasteiger partial charge on any atom is -0.384 e. The van der Waals surface area contributed by atoms with Crippen LogP contribution in [0.4, 0.5) is 0 Å². The van der Waals surface area contributed by atoms with E-state index in [2.05, 4.69) is 25.7 Å². The Balaban J connectivity index is 1.72. The second kappa shape index (κ2) is 4.81. The molecule has 0 saturated carbocycles. The number of aromatic nitrogens is 3. The average Bonchev–Trinajstić information content (AvgIpc) is 2.86. The molecule has 0 saturated heterocycles. The standard InChI is InChI=1S/C13H16N6/c14-13(15)11-3-1-2-10(6-11)7-18-4-5-19-9-16-17-12(19)8-18/h1-3,6,9H,4-5,7-8H2,(H3,14,15). The molecule has 0 atom stereocenters. The highest BCUT2D eigenvalue weighted by atomic mass is 15.3. The van der Waals surface area contributed by atoms with E-state index in [-0.39, 0.29) is 5.84 Å². The van der Waals surface area contributed by atoms with Gasteiger partial charge in [0, 0.05) is 25.2 Å². The van der Waals surface area contributed by atoms with Crippen molar-refractivity contribution in [2.24, 2.45) is 5.73 Å². The largest absolute Gasteiger partial charge is 0.384 e. The van der Waals surface area contributed by atoms with Crippen molar-refractivity contribution in [3.05, 3.63) is 47.5 Å². The Morgan fingerprint density at radius 2 is 2.26 bits per heavy atom. The zero-order valence-electron chi connectivity index (χ0n) is 10.6. The van der Waals surface area contributed by atoms with E-state index >= 15 is 0 Å². The smallest absolute Gasteiger partial charge is 0.147 e. The van der Waals surface area contributed by atoms with Crippen LogP contribution in [-0.2, 0) is 19.6 Å². The molecule has 0 amide bonds. The maximum Gasteiger partial charge on any atom is 0.147 e. The van der Waals surface area contributed by atoms with Crippen LogP contribution in [0.2, 0.25) is 0 Å². The molecule has 0 unspecified atom stereocenters. The van der Waals surface area contributed by atoms with Crippen LogP contribution < -0.4 is 5.73 Å². The monoisotopic (exact) mass is 256 g/mol. The first kappa shape index (κ1) is 11.9. The fourth-order valence-electron chi connectivity index (χ4n) is 2.35. The van der Waals surface area contributed by atoms with Gasteiger partial charge in [0.05, 0.1) is 6.54 Å². The number of nitrogen functional groups attached to an aromatic ring is 1. The molecule has 6 nitrogen and oxygen atoms in total. The van der Waals surface area contributed by atoms with E-state index in [0.717, 1.165) is 37.6 Å². The van der Waals surface area contributed by atoms with Gasteiger partial charge in [-0.3, -0.25) is 10.3 Å². The predicted molar refractivity (Wildman–Crippen MR) is 71.6 cm³/mol. The van der Waals surface area contributed by atoms with Gasteiger partial charge in [0.25, 0.3) is 0 Å². The van der Waals surface area contributed by atoms with Crippen LogP contribution in [0, 0.1) is 5.41 Å². The van der Waals surface area contributed by atoms with Crippen LogP contribution in [0.3, 0.4) is 0 Å².